The van der Waals surface area contributed by atoms with E-state index in [1.807, 2.05) is 31.8 Å². The summed E-state index contributed by atoms with van der Waals surface area (Å²) in [6, 6.07) is 1.60. The lowest BCUT2D eigenvalue weighted by molar-refractivity contribution is 0.351. The normalized spacial score (nSPS) is 12.9. The van der Waals surface area contributed by atoms with E-state index in [0.29, 0.717) is 5.75 Å². The number of methoxy groups -OCH3 is 1. The van der Waals surface area contributed by atoms with E-state index in [0.717, 1.165) is 30.1 Å². The third kappa shape index (κ3) is 3.26. The lowest BCUT2D eigenvalue weighted by atomic mass is 10.1. The van der Waals surface area contributed by atoms with Gasteiger partial charge in [-0.05, 0) is 32.6 Å². The zero-order valence-corrected chi connectivity index (χ0v) is 13.0. The topological polar surface area (TPSA) is 81.5 Å². The van der Waals surface area contributed by atoms with Gasteiger partial charge in [0.25, 0.3) is 0 Å². The lowest BCUT2D eigenvalue weighted by Gasteiger charge is -2.19. The molecule has 0 bridgehead atoms. The van der Waals surface area contributed by atoms with E-state index in [9.17, 15) is 0 Å². The number of likely N-dealkylation sites (N-methyl/N-ethyl adjacent to an activating group) is 1. The minimum absolute atomic E-state index is 0.306. The van der Waals surface area contributed by atoms with Crippen molar-refractivity contribution in [1.29, 1.82) is 0 Å². The lowest BCUT2D eigenvalue weighted by Crippen LogP contribution is -2.32. The number of nitrogens with one attached hydrogen (secondary N) is 1. The molecule has 2 aromatic rings. The second-order valence-corrected chi connectivity index (χ2v) is 5.19. The number of rotatable bonds is 7. The molecule has 1 unspecified atom stereocenters. The predicted octanol–water partition coefficient (Wildman–Crippen LogP) is 0.907. The first-order valence-corrected chi connectivity index (χ1v) is 6.83. The van der Waals surface area contributed by atoms with Crippen molar-refractivity contribution in [3.8, 4) is 5.75 Å². The Bertz CT molecular complexity index is 576. The van der Waals surface area contributed by atoms with Crippen LogP contribution in [-0.4, -0.2) is 42.4 Å². The van der Waals surface area contributed by atoms with Gasteiger partial charge in [-0.2, -0.15) is 5.10 Å². The van der Waals surface area contributed by atoms with E-state index in [4.69, 9.17) is 15.0 Å². The summed E-state index contributed by atoms with van der Waals surface area (Å²) in [6.45, 7) is 3.59. The van der Waals surface area contributed by atoms with Crippen LogP contribution in [0.4, 0.5) is 0 Å². The fraction of sp³-hybridized carbons (Fsp3) is 0.500. The molecule has 0 aliphatic carbocycles. The minimum Gasteiger partial charge on any atom is -0.493 e. The maximum atomic E-state index is 5.76. The molecule has 116 valence electrons. The molecule has 2 heterocycles. The number of aryl methyl sites for hydroxylation is 1. The molecule has 0 spiro atoms. The molecular formula is C14H23N5O2. The fourth-order valence-electron chi connectivity index (χ4n) is 2.26. The first-order valence-electron chi connectivity index (χ1n) is 6.83. The number of ether oxygens (including phenoxy) is 1. The van der Waals surface area contributed by atoms with Crippen LogP contribution in [0.25, 0.3) is 0 Å². The molecule has 2 aromatic heterocycles. The zero-order valence-electron chi connectivity index (χ0n) is 13.0. The van der Waals surface area contributed by atoms with Crippen LogP contribution in [0, 0.1) is 6.92 Å². The molecule has 2 rings (SSSR count). The molecule has 0 aliphatic rings. The molecule has 0 radical (unpaired) electrons. The number of hydrogen-bond donors (Lipinski definition) is 2. The number of hydrazine groups is 1. The summed E-state index contributed by atoms with van der Waals surface area (Å²) in [5.41, 5.74) is 4.69. The molecule has 0 fully saturated rings. The molecule has 7 nitrogen and oxygen atoms in total. The van der Waals surface area contributed by atoms with E-state index in [2.05, 4.69) is 15.4 Å². The molecule has 0 aromatic carbocycles. The monoisotopic (exact) mass is 293 g/mol. The van der Waals surface area contributed by atoms with Crippen LogP contribution in [0.2, 0.25) is 0 Å². The van der Waals surface area contributed by atoms with E-state index in [1.165, 1.54) is 0 Å². The number of aromatic nitrogens is 2. The molecule has 0 amide bonds. The number of nitrogens with zero attached hydrogens (tertiary/aromatic N) is 3. The van der Waals surface area contributed by atoms with E-state index >= 15 is 0 Å². The maximum Gasteiger partial charge on any atom is 0.162 e. The highest BCUT2D eigenvalue weighted by atomic mass is 16.5. The quantitative estimate of drug-likeness (QED) is 0.583. The minimum atomic E-state index is -0.306. The predicted molar refractivity (Wildman–Crippen MR) is 79.9 cm³/mol. The summed E-state index contributed by atoms with van der Waals surface area (Å²) in [7, 11) is 5.67. The van der Waals surface area contributed by atoms with Crippen molar-refractivity contribution in [1.82, 2.24) is 20.1 Å². The Labute approximate surface area is 124 Å². The largest absolute Gasteiger partial charge is 0.493 e. The van der Waals surface area contributed by atoms with Crippen LogP contribution in [-0.2, 0) is 6.54 Å². The highest BCUT2D eigenvalue weighted by Gasteiger charge is 2.26. The van der Waals surface area contributed by atoms with E-state index in [1.54, 1.807) is 19.6 Å². The molecule has 7 heteroatoms. The molecule has 3 N–H and O–H groups in total. The third-order valence-corrected chi connectivity index (χ3v) is 3.43. The van der Waals surface area contributed by atoms with Crippen molar-refractivity contribution in [3.05, 3.63) is 35.5 Å². The SMILES string of the molecule is COc1cnn(CCN(C)C)c1C(NN)c1occc1C. The van der Waals surface area contributed by atoms with Gasteiger partial charge in [-0.3, -0.25) is 10.5 Å². The van der Waals surface area contributed by atoms with Crippen LogP contribution >= 0.6 is 0 Å². The van der Waals surface area contributed by atoms with Gasteiger partial charge in [0.1, 0.15) is 17.5 Å². The van der Waals surface area contributed by atoms with Crippen molar-refractivity contribution in [3.63, 3.8) is 0 Å². The van der Waals surface area contributed by atoms with Crippen LogP contribution < -0.4 is 16.0 Å². The average molecular weight is 293 g/mol. The zero-order chi connectivity index (χ0) is 15.4. The summed E-state index contributed by atoms with van der Waals surface area (Å²) < 4.78 is 12.9. The first-order chi connectivity index (χ1) is 10.1. The van der Waals surface area contributed by atoms with Gasteiger partial charge in [0.05, 0.1) is 26.1 Å². The van der Waals surface area contributed by atoms with Crippen molar-refractivity contribution in [2.24, 2.45) is 5.84 Å². The van der Waals surface area contributed by atoms with Gasteiger partial charge >= 0.3 is 0 Å². The van der Waals surface area contributed by atoms with Crippen LogP contribution in [0.5, 0.6) is 5.75 Å². The smallest absolute Gasteiger partial charge is 0.162 e. The second kappa shape index (κ2) is 6.75. The number of furan rings is 1. The van der Waals surface area contributed by atoms with Gasteiger partial charge in [0, 0.05) is 6.54 Å². The van der Waals surface area contributed by atoms with Gasteiger partial charge in [0.2, 0.25) is 0 Å². The highest BCUT2D eigenvalue weighted by molar-refractivity contribution is 5.35. The summed E-state index contributed by atoms with van der Waals surface area (Å²) in [5, 5.41) is 4.40. The molecule has 0 saturated carbocycles. The Morgan fingerprint density at radius 1 is 1.52 bits per heavy atom. The van der Waals surface area contributed by atoms with Gasteiger partial charge in [0.15, 0.2) is 5.75 Å². The Morgan fingerprint density at radius 3 is 2.81 bits per heavy atom. The molecule has 0 aliphatic heterocycles. The van der Waals surface area contributed by atoms with Crippen LogP contribution in [0.1, 0.15) is 23.1 Å². The Balaban J connectivity index is 2.39. The van der Waals surface area contributed by atoms with Crippen LogP contribution in [0.3, 0.4) is 0 Å². The summed E-state index contributed by atoms with van der Waals surface area (Å²) >= 11 is 0. The summed E-state index contributed by atoms with van der Waals surface area (Å²) in [6.07, 6.45) is 3.36. The van der Waals surface area contributed by atoms with Crippen LogP contribution in [0.15, 0.2) is 22.9 Å². The van der Waals surface area contributed by atoms with Crippen molar-refractivity contribution in [2.75, 3.05) is 27.7 Å². The molecular weight excluding hydrogens is 270 g/mol. The fourth-order valence-corrected chi connectivity index (χ4v) is 2.26. The Hall–Kier alpha value is -1.83. The summed E-state index contributed by atoms with van der Waals surface area (Å²) in [4.78, 5) is 2.10. The highest BCUT2D eigenvalue weighted by Crippen LogP contribution is 2.31. The van der Waals surface area contributed by atoms with Crippen molar-refractivity contribution >= 4 is 0 Å². The van der Waals surface area contributed by atoms with Crippen molar-refractivity contribution < 1.29 is 9.15 Å². The molecule has 0 saturated heterocycles. The van der Waals surface area contributed by atoms with Gasteiger partial charge in [-0.1, -0.05) is 0 Å². The van der Waals surface area contributed by atoms with Gasteiger partial charge in [-0.15, -0.1) is 0 Å². The van der Waals surface area contributed by atoms with E-state index in [-0.39, 0.29) is 6.04 Å². The Kier molecular flexibility index (Phi) is 5.00. The maximum absolute atomic E-state index is 5.76. The van der Waals surface area contributed by atoms with Gasteiger partial charge in [-0.25, -0.2) is 5.43 Å². The molecule has 1 atom stereocenters. The molecule has 21 heavy (non-hydrogen) atoms. The number of nitrogens with two attached hydrogens (primary N) is 1. The summed E-state index contributed by atoms with van der Waals surface area (Å²) in [5.74, 6) is 7.21. The standard InChI is InChI=1S/C14H23N5O2/c1-10-5-8-21-14(10)12(17-15)13-11(20-4)9-16-19(13)7-6-18(2)3/h5,8-9,12,17H,6-7,15H2,1-4H3. The Morgan fingerprint density at radius 2 is 2.29 bits per heavy atom. The van der Waals surface area contributed by atoms with E-state index < -0.39 is 0 Å². The third-order valence-electron chi connectivity index (χ3n) is 3.43. The average Bonchev–Trinajstić information content (AvgIpc) is 3.05. The number of hydrogen-bond acceptors (Lipinski definition) is 6. The van der Waals surface area contributed by atoms with Gasteiger partial charge < -0.3 is 14.1 Å². The second-order valence-electron chi connectivity index (χ2n) is 5.19. The van der Waals surface area contributed by atoms with Crippen molar-refractivity contribution in [2.45, 2.75) is 19.5 Å². The first kappa shape index (κ1) is 15.6.